The van der Waals surface area contributed by atoms with Crippen LogP contribution >= 0.6 is 0 Å². The van der Waals surface area contributed by atoms with Gasteiger partial charge in [-0.3, -0.25) is 9.97 Å². The lowest BCUT2D eigenvalue weighted by molar-refractivity contribution is 0.415. The number of fused-ring (bicyclic) bond motifs is 3. The highest BCUT2D eigenvalue weighted by molar-refractivity contribution is 6.01. The first-order valence-electron chi connectivity index (χ1n) is 11.4. The Morgan fingerprint density at radius 3 is 2.52 bits per heavy atom. The van der Waals surface area contributed by atoms with E-state index in [0.717, 1.165) is 58.3 Å². The summed E-state index contributed by atoms with van der Waals surface area (Å²) in [6.07, 6.45) is 5.79. The van der Waals surface area contributed by atoms with Gasteiger partial charge in [-0.15, -0.1) is 0 Å². The molecule has 3 aromatic carbocycles. The van der Waals surface area contributed by atoms with Gasteiger partial charge in [-0.05, 0) is 60.9 Å². The van der Waals surface area contributed by atoms with Crippen LogP contribution in [-0.4, -0.2) is 29.7 Å². The molecule has 0 saturated carbocycles. The maximum absolute atomic E-state index is 5.45. The Balaban J connectivity index is 1.24. The molecule has 33 heavy (non-hydrogen) atoms. The van der Waals surface area contributed by atoms with Crippen molar-refractivity contribution in [2.45, 2.75) is 25.8 Å². The topological polar surface area (TPSA) is 59.1 Å². The highest BCUT2D eigenvalue weighted by atomic mass is 16.5. The largest absolute Gasteiger partial charge is 0.497 e. The Bertz CT molecular complexity index is 1420. The molecule has 5 rings (SSSR count). The van der Waals surface area contributed by atoms with Crippen molar-refractivity contribution in [3.63, 3.8) is 0 Å². The summed E-state index contributed by atoms with van der Waals surface area (Å²) in [4.78, 5) is 9.12. The second-order valence-electron chi connectivity index (χ2n) is 8.44. The van der Waals surface area contributed by atoms with E-state index in [2.05, 4.69) is 76.1 Å². The summed E-state index contributed by atoms with van der Waals surface area (Å²) in [5.74, 6) is 0.838. The van der Waals surface area contributed by atoms with Crippen molar-refractivity contribution in [3.8, 4) is 5.75 Å². The van der Waals surface area contributed by atoms with E-state index in [4.69, 9.17) is 4.74 Å². The number of ether oxygens (including phenoxy) is 1. The van der Waals surface area contributed by atoms with Gasteiger partial charge in [-0.25, -0.2) is 0 Å². The molecule has 0 fully saturated rings. The Labute approximate surface area is 193 Å². The molecule has 2 N–H and O–H groups in total. The SMILES string of the molecule is COc1cc(NCCC[C@@H](C)Nc2ccnc3cc4ccccc4cc23)c2ncccc2c1. The zero-order valence-electron chi connectivity index (χ0n) is 19.0. The number of hydrogen-bond donors (Lipinski definition) is 2. The van der Waals surface area contributed by atoms with Crippen molar-refractivity contribution in [1.29, 1.82) is 0 Å². The number of hydrogen-bond acceptors (Lipinski definition) is 5. The molecule has 5 aromatic rings. The average Bonchev–Trinajstić information content (AvgIpc) is 2.85. The number of anilines is 2. The number of aromatic nitrogens is 2. The summed E-state index contributed by atoms with van der Waals surface area (Å²) in [7, 11) is 1.69. The highest BCUT2D eigenvalue weighted by Gasteiger charge is 2.09. The van der Waals surface area contributed by atoms with Gasteiger partial charge in [0.15, 0.2) is 0 Å². The van der Waals surface area contributed by atoms with E-state index in [1.54, 1.807) is 7.11 Å². The van der Waals surface area contributed by atoms with Crippen LogP contribution in [0.25, 0.3) is 32.6 Å². The lowest BCUT2D eigenvalue weighted by Gasteiger charge is -2.18. The number of rotatable bonds is 8. The molecule has 0 radical (unpaired) electrons. The lowest BCUT2D eigenvalue weighted by atomic mass is 10.1. The Hall–Kier alpha value is -3.86. The molecule has 0 aliphatic rings. The summed E-state index contributed by atoms with van der Waals surface area (Å²) in [6, 6.07) is 23.3. The molecule has 5 nitrogen and oxygen atoms in total. The van der Waals surface area contributed by atoms with Gasteiger partial charge in [-0.2, -0.15) is 0 Å². The minimum atomic E-state index is 0.337. The molecule has 166 valence electrons. The van der Waals surface area contributed by atoms with Crippen molar-refractivity contribution in [3.05, 3.63) is 79.1 Å². The van der Waals surface area contributed by atoms with Gasteiger partial charge >= 0.3 is 0 Å². The zero-order valence-corrected chi connectivity index (χ0v) is 19.0. The van der Waals surface area contributed by atoms with Crippen LogP contribution in [0.5, 0.6) is 5.75 Å². The zero-order chi connectivity index (χ0) is 22.6. The Kier molecular flexibility index (Phi) is 5.94. The predicted octanol–water partition coefficient (Wildman–Crippen LogP) is 6.64. The van der Waals surface area contributed by atoms with Crippen molar-refractivity contribution >= 4 is 44.0 Å². The second-order valence-corrected chi connectivity index (χ2v) is 8.44. The van der Waals surface area contributed by atoms with Gasteiger partial charge in [-0.1, -0.05) is 30.3 Å². The fraction of sp³-hybridized carbons (Fsp3) is 0.214. The van der Waals surface area contributed by atoms with Crippen LogP contribution in [0.4, 0.5) is 11.4 Å². The second kappa shape index (κ2) is 9.33. The minimum Gasteiger partial charge on any atom is -0.497 e. The smallest absolute Gasteiger partial charge is 0.121 e. The molecular weight excluding hydrogens is 408 g/mol. The van der Waals surface area contributed by atoms with E-state index >= 15 is 0 Å². The summed E-state index contributed by atoms with van der Waals surface area (Å²) in [5, 5.41) is 11.9. The van der Waals surface area contributed by atoms with E-state index in [9.17, 15) is 0 Å². The number of nitrogens with zero attached hydrogens (tertiary/aromatic N) is 2. The molecule has 0 saturated heterocycles. The summed E-state index contributed by atoms with van der Waals surface area (Å²) in [5.41, 5.74) is 4.14. The first-order chi connectivity index (χ1) is 16.2. The number of pyridine rings is 2. The van der Waals surface area contributed by atoms with E-state index in [-0.39, 0.29) is 0 Å². The van der Waals surface area contributed by atoms with E-state index in [1.807, 2.05) is 30.6 Å². The van der Waals surface area contributed by atoms with Gasteiger partial charge < -0.3 is 15.4 Å². The third kappa shape index (κ3) is 4.53. The first-order valence-corrected chi connectivity index (χ1v) is 11.4. The molecular formula is C28H28N4O. The first kappa shape index (κ1) is 21.0. The molecule has 5 heteroatoms. The lowest BCUT2D eigenvalue weighted by Crippen LogP contribution is -2.17. The number of methoxy groups -OCH3 is 1. The van der Waals surface area contributed by atoms with E-state index in [0.29, 0.717) is 6.04 Å². The van der Waals surface area contributed by atoms with Gasteiger partial charge in [0, 0.05) is 47.5 Å². The van der Waals surface area contributed by atoms with Crippen molar-refractivity contribution in [1.82, 2.24) is 9.97 Å². The highest BCUT2D eigenvalue weighted by Crippen LogP contribution is 2.29. The Morgan fingerprint density at radius 1 is 0.848 bits per heavy atom. The van der Waals surface area contributed by atoms with Crippen molar-refractivity contribution in [2.24, 2.45) is 0 Å². The maximum atomic E-state index is 5.45. The van der Waals surface area contributed by atoms with Gasteiger partial charge in [0.05, 0.1) is 23.8 Å². The van der Waals surface area contributed by atoms with E-state index < -0.39 is 0 Å². The van der Waals surface area contributed by atoms with Crippen LogP contribution < -0.4 is 15.4 Å². The fourth-order valence-corrected chi connectivity index (χ4v) is 4.34. The average molecular weight is 437 g/mol. The molecule has 0 amide bonds. The molecule has 0 unspecified atom stereocenters. The molecule has 2 aromatic heterocycles. The third-order valence-corrected chi connectivity index (χ3v) is 6.05. The van der Waals surface area contributed by atoms with Crippen LogP contribution in [0.2, 0.25) is 0 Å². The summed E-state index contributed by atoms with van der Waals surface area (Å²) < 4.78 is 5.45. The van der Waals surface area contributed by atoms with Crippen molar-refractivity contribution < 1.29 is 4.74 Å². The van der Waals surface area contributed by atoms with Gasteiger partial charge in [0.25, 0.3) is 0 Å². The molecule has 1 atom stereocenters. The van der Waals surface area contributed by atoms with Crippen LogP contribution in [-0.2, 0) is 0 Å². The van der Waals surface area contributed by atoms with Crippen LogP contribution in [0.1, 0.15) is 19.8 Å². The molecule has 0 aliphatic carbocycles. The van der Waals surface area contributed by atoms with Gasteiger partial charge in [0.2, 0.25) is 0 Å². The Morgan fingerprint density at radius 2 is 1.67 bits per heavy atom. The fourth-order valence-electron chi connectivity index (χ4n) is 4.34. The minimum absolute atomic E-state index is 0.337. The molecule has 0 bridgehead atoms. The third-order valence-electron chi connectivity index (χ3n) is 6.05. The number of nitrogens with one attached hydrogen (secondary N) is 2. The number of benzene rings is 3. The summed E-state index contributed by atoms with van der Waals surface area (Å²) in [6.45, 7) is 3.10. The standard InChI is InChI=1S/C28H28N4O/c1-19(7-5-12-29-27-18-23(33-2)15-22-10-6-13-31-28(22)27)32-25-11-14-30-26-17-21-9-4-3-8-20(21)16-24(25)26/h3-4,6,8-11,13-19,29H,5,7,12H2,1-2H3,(H,30,32)/t19-/m1/s1. The summed E-state index contributed by atoms with van der Waals surface area (Å²) >= 11 is 0. The van der Waals surface area contributed by atoms with Crippen LogP contribution in [0.3, 0.4) is 0 Å². The quantitative estimate of drug-likeness (QED) is 0.211. The van der Waals surface area contributed by atoms with Crippen LogP contribution in [0.15, 0.2) is 79.1 Å². The molecule has 0 aliphatic heterocycles. The van der Waals surface area contributed by atoms with Crippen molar-refractivity contribution in [2.75, 3.05) is 24.3 Å². The molecule has 0 spiro atoms. The predicted molar refractivity (Wildman–Crippen MR) is 138 cm³/mol. The van der Waals surface area contributed by atoms with Crippen LogP contribution in [0, 0.1) is 0 Å². The normalized spacial score (nSPS) is 12.2. The monoisotopic (exact) mass is 436 g/mol. The molecule has 2 heterocycles. The van der Waals surface area contributed by atoms with Gasteiger partial charge in [0.1, 0.15) is 5.75 Å². The van der Waals surface area contributed by atoms with E-state index in [1.165, 1.54) is 10.8 Å². The maximum Gasteiger partial charge on any atom is 0.121 e.